The molecule has 17 heavy (non-hydrogen) atoms. The summed E-state index contributed by atoms with van der Waals surface area (Å²) < 4.78 is 14.8. The van der Waals surface area contributed by atoms with Crippen molar-refractivity contribution < 1.29 is 19.1 Å². The van der Waals surface area contributed by atoms with Crippen molar-refractivity contribution in [1.29, 1.82) is 0 Å². The fourth-order valence-corrected chi connectivity index (χ4v) is 2.75. The third-order valence-corrected chi connectivity index (χ3v) is 3.90. The molecule has 2 heterocycles. The van der Waals surface area contributed by atoms with E-state index in [2.05, 4.69) is 4.98 Å². The third kappa shape index (κ3) is 1.90. The van der Waals surface area contributed by atoms with Crippen molar-refractivity contribution in [2.24, 2.45) is 0 Å². The van der Waals surface area contributed by atoms with Gasteiger partial charge in [-0.05, 0) is 0 Å². The molecule has 0 fully saturated rings. The Morgan fingerprint density at radius 2 is 2.35 bits per heavy atom. The van der Waals surface area contributed by atoms with Crippen LogP contribution in [0, 0.1) is 5.82 Å². The van der Waals surface area contributed by atoms with E-state index in [-0.39, 0.29) is 22.2 Å². The van der Waals surface area contributed by atoms with Crippen LogP contribution in [0.1, 0.15) is 20.7 Å². The minimum atomic E-state index is -1.23. The lowest BCUT2D eigenvalue weighted by atomic mass is 10.1. The van der Waals surface area contributed by atoms with Crippen LogP contribution in [0.4, 0.5) is 4.39 Å². The molecular weight excluding hydrogens is 362 g/mol. The number of aromatic nitrogens is 2. The standard InChI is InChI=1S/C9H4FIN2O3S/c10-6-1-12-8-7(5(6)3-14)4(9(15)16)2-13(8)17-11/h1-3H,(H,15,16). The second kappa shape index (κ2) is 4.61. The largest absolute Gasteiger partial charge is 0.478 e. The number of halogens is 2. The first-order valence-electron chi connectivity index (χ1n) is 4.27. The van der Waals surface area contributed by atoms with Crippen LogP contribution in [-0.2, 0) is 0 Å². The number of pyridine rings is 1. The SMILES string of the molecule is O=Cc1c(F)cnc2c1c(C(=O)O)cn2SI. The topological polar surface area (TPSA) is 72.2 Å². The molecule has 0 aromatic carbocycles. The van der Waals surface area contributed by atoms with Gasteiger partial charge in [-0.1, -0.05) is 0 Å². The van der Waals surface area contributed by atoms with E-state index in [1.807, 2.05) is 21.2 Å². The molecule has 8 heteroatoms. The molecule has 0 radical (unpaired) electrons. The molecule has 1 N–H and O–H groups in total. The van der Waals surface area contributed by atoms with Crippen molar-refractivity contribution in [3.05, 3.63) is 29.3 Å². The molecule has 2 aromatic heterocycles. The Bertz CT molecular complexity index is 628. The lowest BCUT2D eigenvalue weighted by Gasteiger charge is -1.99. The smallest absolute Gasteiger partial charge is 0.338 e. The summed E-state index contributed by atoms with van der Waals surface area (Å²) in [6.07, 6.45) is 2.51. The van der Waals surface area contributed by atoms with Crippen LogP contribution in [0.5, 0.6) is 0 Å². The van der Waals surface area contributed by atoms with Gasteiger partial charge in [-0.25, -0.2) is 14.2 Å². The number of carbonyl (C=O) groups is 2. The highest BCUT2D eigenvalue weighted by Crippen LogP contribution is 2.29. The lowest BCUT2D eigenvalue weighted by molar-refractivity contribution is 0.0699. The van der Waals surface area contributed by atoms with E-state index in [1.54, 1.807) is 0 Å². The monoisotopic (exact) mass is 366 g/mol. The molecule has 0 spiro atoms. The summed E-state index contributed by atoms with van der Waals surface area (Å²) in [5.41, 5.74) is -0.167. The average molecular weight is 366 g/mol. The highest BCUT2D eigenvalue weighted by atomic mass is 127. The van der Waals surface area contributed by atoms with Crippen molar-refractivity contribution >= 4 is 53.6 Å². The van der Waals surface area contributed by atoms with E-state index in [9.17, 15) is 14.0 Å². The summed E-state index contributed by atoms with van der Waals surface area (Å²) in [4.78, 5) is 25.7. The molecule has 0 aliphatic heterocycles. The number of hydrogen-bond donors (Lipinski definition) is 1. The summed E-state index contributed by atoms with van der Waals surface area (Å²) in [7, 11) is 1.18. The molecule has 0 saturated carbocycles. The Labute approximate surface area is 111 Å². The van der Waals surface area contributed by atoms with E-state index in [0.717, 1.165) is 6.20 Å². The van der Waals surface area contributed by atoms with Crippen LogP contribution in [0.15, 0.2) is 12.4 Å². The molecule has 0 aliphatic carbocycles. The molecule has 0 amide bonds. The molecule has 0 aliphatic rings. The number of rotatable bonds is 3. The van der Waals surface area contributed by atoms with Gasteiger partial charge in [-0.2, -0.15) is 0 Å². The first-order chi connectivity index (χ1) is 8.10. The minimum absolute atomic E-state index is 0.0247. The third-order valence-electron chi connectivity index (χ3n) is 2.20. The molecule has 0 unspecified atom stereocenters. The maximum Gasteiger partial charge on any atom is 0.338 e. The predicted octanol–water partition coefficient (Wildman–Crippen LogP) is 2.53. The van der Waals surface area contributed by atoms with Crippen LogP contribution in [-0.4, -0.2) is 26.3 Å². The van der Waals surface area contributed by atoms with Gasteiger partial charge in [-0.3, -0.25) is 8.77 Å². The predicted molar refractivity (Wildman–Crippen MR) is 69.0 cm³/mol. The van der Waals surface area contributed by atoms with Crippen molar-refractivity contribution in [1.82, 2.24) is 8.96 Å². The summed E-state index contributed by atoms with van der Waals surface area (Å²) in [5.74, 6) is -2.05. The number of fused-ring (bicyclic) bond motifs is 1. The van der Waals surface area contributed by atoms with Crippen molar-refractivity contribution in [3.8, 4) is 0 Å². The van der Waals surface area contributed by atoms with Gasteiger partial charge in [0.25, 0.3) is 0 Å². The highest BCUT2D eigenvalue weighted by molar-refractivity contribution is 14.2. The number of hydrogen-bond acceptors (Lipinski definition) is 4. The van der Waals surface area contributed by atoms with E-state index < -0.39 is 11.8 Å². The highest BCUT2D eigenvalue weighted by Gasteiger charge is 2.20. The quantitative estimate of drug-likeness (QED) is 0.668. The first kappa shape index (κ1) is 12.3. The van der Waals surface area contributed by atoms with Crippen molar-refractivity contribution in [3.63, 3.8) is 0 Å². The van der Waals surface area contributed by atoms with Crippen LogP contribution in [0.25, 0.3) is 11.0 Å². The van der Waals surface area contributed by atoms with Crippen LogP contribution >= 0.6 is 30.3 Å². The molecule has 0 saturated heterocycles. The Balaban J connectivity index is 2.96. The Morgan fingerprint density at radius 3 is 2.88 bits per heavy atom. The Morgan fingerprint density at radius 1 is 1.65 bits per heavy atom. The molecular formula is C9H4FIN2O3S. The van der Waals surface area contributed by atoms with E-state index in [0.29, 0.717) is 6.29 Å². The number of aldehydes is 1. The number of aromatic carboxylic acids is 1. The van der Waals surface area contributed by atoms with Crippen LogP contribution < -0.4 is 0 Å². The van der Waals surface area contributed by atoms with Gasteiger partial charge < -0.3 is 5.11 Å². The molecule has 88 valence electrons. The van der Waals surface area contributed by atoms with E-state index in [1.165, 1.54) is 19.3 Å². The van der Waals surface area contributed by atoms with Crippen LogP contribution in [0.2, 0.25) is 0 Å². The van der Waals surface area contributed by atoms with Gasteiger partial charge in [0, 0.05) is 41.9 Å². The van der Waals surface area contributed by atoms with Crippen LogP contribution in [0.3, 0.4) is 0 Å². The Kier molecular flexibility index (Phi) is 3.33. The number of carboxylic acid groups (broad SMARTS) is 1. The first-order valence-corrected chi connectivity index (χ1v) is 7.59. The second-order valence-corrected chi connectivity index (χ2v) is 4.79. The van der Waals surface area contributed by atoms with Gasteiger partial charge in [0.1, 0.15) is 0 Å². The summed E-state index contributed by atoms with van der Waals surface area (Å²) in [6.45, 7) is 0. The normalized spacial score (nSPS) is 10.7. The number of nitrogens with zero attached hydrogens (tertiary/aromatic N) is 2. The molecule has 5 nitrogen and oxygen atoms in total. The zero-order valence-electron chi connectivity index (χ0n) is 8.05. The van der Waals surface area contributed by atoms with Gasteiger partial charge >= 0.3 is 5.97 Å². The molecule has 0 atom stereocenters. The van der Waals surface area contributed by atoms with Crippen molar-refractivity contribution in [2.45, 2.75) is 0 Å². The van der Waals surface area contributed by atoms with E-state index in [4.69, 9.17) is 5.11 Å². The zero-order chi connectivity index (χ0) is 12.6. The van der Waals surface area contributed by atoms with Gasteiger partial charge in [-0.15, -0.1) is 0 Å². The van der Waals surface area contributed by atoms with Gasteiger partial charge in [0.05, 0.1) is 17.3 Å². The van der Waals surface area contributed by atoms with E-state index >= 15 is 0 Å². The Hall–Kier alpha value is -1.16. The molecule has 2 rings (SSSR count). The summed E-state index contributed by atoms with van der Waals surface area (Å²) in [5, 5.41) is 9.04. The summed E-state index contributed by atoms with van der Waals surface area (Å²) >= 11 is 1.94. The van der Waals surface area contributed by atoms with Gasteiger partial charge in [0.2, 0.25) is 0 Å². The number of carbonyl (C=O) groups excluding carboxylic acids is 1. The number of carboxylic acids is 1. The average Bonchev–Trinajstić information content (AvgIpc) is 2.67. The van der Waals surface area contributed by atoms with Crippen molar-refractivity contribution in [2.75, 3.05) is 0 Å². The zero-order valence-corrected chi connectivity index (χ0v) is 11.0. The molecule has 2 aromatic rings. The second-order valence-electron chi connectivity index (χ2n) is 3.08. The maximum absolute atomic E-state index is 13.4. The fourth-order valence-electron chi connectivity index (χ4n) is 1.50. The minimum Gasteiger partial charge on any atom is -0.478 e. The molecule has 0 bridgehead atoms. The maximum atomic E-state index is 13.4. The fraction of sp³-hybridized carbons (Fsp3) is 0. The summed E-state index contributed by atoms with van der Waals surface area (Å²) in [6, 6.07) is 0. The lowest BCUT2D eigenvalue weighted by Crippen LogP contribution is -1.98. The van der Waals surface area contributed by atoms with Gasteiger partial charge in [0.15, 0.2) is 17.8 Å².